The Kier molecular flexibility index (Phi) is 3.99. The lowest BCUT2D eigenvalue weighted by Crippen LogP contribution is -2.42. The Balaban J connectivity index is 1.45. The number of aromatic nitrogens is 2. The van der Waals surface area contributed by atoms with Gasteiger partial charge in [0.25, 0.3) is 0 Å². The van der Waals surface area contributed by atoms with Crippen molar-refractivity contribution in [2.45, 2.75) is 57.4 Å². The first-order valence-electron chi connectivity index (χ1n) is 7.63. The second kappa shape index (κ2) is 5.87. The van der Waals surface area contributed by atoms with Crippen molar-refractivity contribution in [3.63, 3.8) is 0 Å². The largest absolute Gasteiger partial charge is 0.348 e. The van der Waals surface area contributed by atoms with E-state index in [1.807, 2.05) is 6.20 Å². The maximum absolute atomic E-state index is 4.11. The predicted octanol–water partition coefficient (Wildman–Crippen LogP) is 3.00. The van der Waals surface area contributed by atoms with E-state index in [-0.39, 0.29) is 0 Å². The van der Waals surface area contributed by atoms with Crippen molar-refractivity contribution in [3.8, 4) is 0 Å². The molecule has 0 atom stereocenters. The number of aromatic amines is 1. The van der Waals surface area contributed by atoms with Crippen LogP contribution >= 0.6 is 0 Å². The summed E-state index contributed by atoms with van der Waals surface area (Å²) in [4.78, 5) is 10.1. The molecule has 0 unspecified atom stereocenters. The molecular weight excluding hydrogens is 222 g/mol. The Morgan fingerprint density at radius 3 is 2.56 bits per heavy atom. The molecule has 0 aromatic carbocycles. The molecule has 0 bridgehead atoms. The van der Waals surface area contributed by atoms with Gasteiger partial charge in [0, 0.05) is 17.9 Å². The molecule has 1 aromatic heterocycles. The minimum atomic E-state index is 0.866. The van der Waals surface area contributed by atoms with Gasteiger partial charge in [0.15, 0.2) is 0 Å². The maximum Gasteiger partial charge on any atom is 0.0921 e. The molecule has 2 heterocycles. The molecular formula is C15H25N3. The van der Waals surface area contributed by atoms with Crippen LogP contribution in [0.25, 0.3) is 0 Å². The molecule has 100 valence electrons. The zero-order valence-electron chi connectivity index (χ0n) is 11.3. The summed E-state index contributed by atoms with van der Waals surface area (Å²) < 4.78 is 0. The second-order valence-electron chi connectivity index (χ2n) is 6.05. The van der Waals surface area contributed by atoms with Crippen molar-refractivity contribution in [1.82, 2.24) is 14.9 Å². The van der Waals surface area contributed by atoms with Crippen molar-refractivity contribution < 1.29 is 0 Å². The summed E-state index contributed by atoms with van der Waals surface area (Å²) in [7, 11) is 0. The van der Waals surface area contributed by atoms with Crippen LogP contribution in [0.2, 0.25) is 0 Å². The van der Waals surface area contributed by atoms with Crippen LogP contribution in [0.4, 0.5) is 0 Å². The average molecular weight is 247 g/mol. The van der Waals surface area contributed by atoms with Crippen LogP contribution in [0.1, 0.15) is 50.6 Å². The van der Waals surface area contributed by atoms with E-state index in [1.54, 1.807) is 6.33 Å². The Hall–Kier alpha value is -0.830. The first-order chi connectivity index (χ1) is 8.92. The van der Waals surface area contributed by atoms with Crippen LogP contribution in [0.15, 0.2) is 12.5 Å². The fourth-order valence-corrected chi connectivity index (χ4v) is 3.68. The van der Waals surface area contributed by atoms with Gasteiger partial charge in [-0.15, -0.1) is 0 Å². The average Bonchev–Trinajstić information content (AvgIpc) is 2.94. The Bertz CT molecular complexity index is 333. The highest BCUT2D eigenvalue weighted by molar-refractivity contribution is 4.97. The SMILES string of the molecule is c1ncc(CC2CCN(C3CCCCC3)CC2)[nH]1. The molecule has 0 amide bonds. The second-order valence-corrected chi connectivity index (χ2v) is 6.05. The van der Waals surface area contributed by atoms with E-state index in [0.717, 1.165) is 12.0 Å². The summed E-state index contributed by atoms with van der Waals surface area (Å²) in [6.45, 7) is 2.65. The van der Waals surface area contributed by atoms with E-state index in [0.29, 0.717) is 0 Å². The van der Waals surface area contributed by atoms with Crippen molar-refractivity contribution in [2.24, 2.45) is 5.92 Å². The highest BCUT2D eigenvalue weighted by Crippen LogP contribution is 2.28. The lowest BCUT2D eigenvalue weighted by atomic mass is 9.88. The van der Waals surface area contributed by atoms with E-state index in [2.05, 4.69) is 14.9 Å². The van der Waals surface area contributed by atoms with Gasteiger partial charge in [-0.3, -0.25) is 0 Å². The summed E-state index contributed by atoms with van der Waals surface area (Å²) >= 11 is 0. The molecule has 3 nitrogen and oxygen atoms in total. The van der Waals surface area contributed by atoms with Gasteiger partial charge in [-0.05, 0) is 51.1 Å². The van der Waals surface area contributed by atoms with E-state index < -0.39 is 0 Å². The maximum atomic E-state index is 4.11. The zero-order valence-corrected chi connectivity index (χ0v) is 11.3. The third-order valence-corrected chi connectivity index (χ3v) is 4.80. The molecule has 1 saturated heterocycles. The van der Waals surface area contributed by atoms with Crippen molar-refractivity contribution in [1.29, 1.82) is 0 Å². The zero-order chi connectivity index (χ0) is 12.2. The molecule has 1 aliphatic heterocycles. The van der Waals surface area contributed by atoms with Gasteiger partial charge < -0.3 is 9.88 Å². The summed E-state index contributed by atoms with van der Waals surface area (Å²) in [5, 5.41) is 0. The van der Waals surface area contributed by atoms with Gasteiger partial charge in [0.1, 0.15) is 0 Å². The highest BCUT2D eigenvalue weighted by Gasteiger charge is 2.26. The van der Waals surface area contributed by atoms with Gasteiger partial charge in [0.2, 0.25) is 0 Å². The molecule has 1 saturated carbocycles. The third-order valence-electron chi connectivity index (χ3n) is 4.80. The van der Waals surface area contributed by atoms with Crippen molar-refractivity contribution in [3.05, 3.63) is 18.2 Å². The summed E-state index contributed by atoms with van der Waals surface area (Å²) in [6.07, 6.45) is 15.0. The number of H-pyrrole nitrogens is 1. The highest BCUT2D eigenvalue weighted by atomic mass is 15.2. The van der Waals surface area contributed by atoms with E-state index in [9.17, 15) is 0 Å². The van der Waals surface area contributed by atoms with E-state index in [1.165, 1.54) is 70.2 Å². The number of nitrogens with one attached hydrogen (secondary N) is 1. The smallest absolute Gasteiger partial charge is 0.0921 e. The number of piperidine rings is 1. The molecule has 1 aliphatic carbocycles. The van der Waals surface area contributed by atoms with Crippen LogP contribution in [-0.4, -0.2) is 34.0 Å². The van der Waals surface area contributed by atoms with Crippen LogP contribution in [0.3, 0.4) is 0 Å². The van der Waals surface area contributed by atoms with Gasteiger partial charge in [-0.2, -0.15) is 0 Å². The van der Waals surface area contributed by atoms with Gasteiger partial charge in [-0.1, -0.05) is 19.3 Å². The summed E-state index contributed by atoms with van der Waals surface area (Å²) in [6, 6.07) is 0.909. The number of rotatable bonds is 3. The molecule has 2 fully saturated rings. The fraction of sp³-hybridized carbons (Fsp3) is 0.800. The number of likely N-dealkylation sites (tertiary alicyclic amines) is 1. The minimum Gasteiger partial charge on any atom is -0.348 e. The van der Waals surface area contributed by atoms with Crippen LogP contribution in [0, 0.1) is 5.92 Å². The Morgan fingerprint density at radius 2 is 1.89 bits per heavy atom. The number of imidazole rings is 1. The van der Waals surface area contributed by atoms with Crippen LogP contribution in [-0.2, 0) is 6.42 Å². The van der Waals surface area contributed by atoms with Crippen LogP contribution in [0.5, 0.6) is 0 Å². The number of hydrogen-bond donors (Lipinski definition) is 1. The van der Waals surface area contributed by atoms with E-state index in [4.69, 9.17) is 0 Å². The number of hydrogen-bond acceptors (Lipinski definition) is 2. The Morgan fingerprint density at radius 1 is 1.11 bits per heavy atom. The molecule has 0 spiro atoms. The molecule has 18 heavy (non-hydrogen) atoms. The summed E-state index contributed by atoms with van der Waals surface area (Å²) in [5.41, 5.74) is 1.31. The molecule has 3 heteroatoms. The lowest BCUT2D eigenvalue weighted by molar-refractivity contribution is 0.106. The van der Waals surface area contributed by atoms with Gasteiger partial charge in [0.05, 0.1) is 6.33 Å². The molecule has 2 aliphatic rings. The number of nitrogens with zero attached hydrogens (tertiary/aromatic N) is 2. The normalized spacial score (nSPS) is 24.4. The first-order valence-corrected chi connectivity index (χ1v) is 7.63. The van der Waals surface area contributed by atoms with Gasteiger partial charge in [-0.25, -0.2) is 4.98 Å². The van der Waals surface area contributed by atoms with Crippen molar-refractivity contribution in [2.75, 3.05) is 13.1 Å². The van der Waals surface area contributed by atoms with Crippen molar-refractivity contribution >= 4 is 0 Å². The van der Waals surface area contributed by atoms with E-state index >= 15 is 0 Å². The molecule has 0 radical (unpaired) electrons. The molecule has 1 N–H and O–H groups in total. The molecule has 1 aromatic rings. The topological polar surface area (TPSA) is 31.9 Å². The monoisotopic (exact) mass is 247 g/mol. The quantitative estimate of drug-likeness (QED) is 0.890. The summed E-state index contributed by atoms with van der Waals surface area (Å²) in [5.74, 6) is 0.866. The third kappa shape index (κ3) is 2.94. The standard InChI is InChI=1S/C15H25N3/c1-2-4-15(5-3-1)18-8-6-13(7-9-18)10-14-11-16-12-17-14/h11-13,15H,1-10H2,(H,16,17). The van der Waals surface area contributed by atoms with Gasteiger partial charge >= 0.3 is 0 Å². The predicted molar refractivity (Wildman–Crippen MR) is 73.5 cm³/mol. The lowest BCUT2D eigenvalue weighted by Gasteiger charge is -2.39. The Labute approximate surface area is 110 Å². The fourth-order valence-electron chi connectivity index (χ4n) is 3.68. The first kappa shape index (κ1) is 12.2. The van der Waals surface area contributed by atoms with Crippen LogP contribution < -0.4 is 0 Å². The minimum absolute atomic E-state index is 0.866. The molecule has 3 rings (SSSR count).